The first-order valence-electron chi connectivity index (χ1n) is 6.36. The van der Waals surface area contributed by atoms with Crippen LogP contribution in [0.15, 0.2) is 18.2 Å². The van der Waals surface area contributed by atoms with Gasteiger partial charge in [-0.1, -0.05) is 18.9 Å². The molecule has 4 nitrogen and oxygen atoms in total. The number of nitrogens with zero attached hydrogens (tertiary/aromatic N) is 1. The number of alkyl halides is 3. The van der Waals surface area contributed by atoms with Crippen LogP contribution in [-0.4, -0.2) is 11.5 Å². The van der Waals surface area contributed by atoms with Gasteiger partial charge in [-0.3, -0.25) is 10.1 Å². The summed E-state index contributed by atoms with van der Waals surface area (Å²) in [5.41, 5.74) is 4.03. The Balaban J connectivity index is 2.56. The Bertz CT molecular complexity index is 523. The van der Waals surface area contributed by atoms with Crippen LogP contribution in [0.25, 0.3) is 0 Å². The molecule has 0 atom stereocenters. The fraction of sp³-hybridized carbons (Fsp3) is 0.538. The quantitative estimate of drug-likeness (QED) is 0.684. The lowest BCUT2D eigenvalue weighted by atomic mass is 9.78. The zero-order valence-electron chi connectivity index (χ0n) is 10.7. The summed E-state index contributed by atoms with van der Waals surface area (Å²) in [4.78, 5) is 10.4. The second kappa shape index (κ2) is 5.05. The minimum atomic E-state index is -4.59. The van der Waals surface area contributed by atoms with Crippen molar-refractivity contribution in [3.63, 3.8) is 0 Å². The number of halogens is 3. The third-order valence-electron chi connectivity index (χ3n) is 4.04. The Morgan fingerprint density at radius 1 is 1.30 bits per heavy atom. The predicted molar refractivity (Wildman–Crippen MR) is 67.3 cm³/mol. The van der Waals surface area contributed by atoms with Crippen LogP contribution >= 0.6 is 0 Å². The van der Waals surface area contributed by atoms with Gasteiger partial charge in [-0.25, -0.2) is 0 Å². The first kappa shape index (κ1) is 14.8. The van der Waals surface area contributed by atoms with Crippen molar-refractivity contribution in [2.75, 3.05) is 6.54 Å². The van der Waals surface area contributed by atoms with Crippen molar-refractivity contribution in [2.45, 2.75) is 37.3 Å². The molecule has 0 spiro atoms. The third kappa shape index (κ3) is 2.49. The van der Waals surface area contributed by atoms with Gasteiger partial charge in [0.25, 0.3) is 5.69 Å². The molecule has 0 amide bonds. The standard InChI is InChI=1S/C13H15F3N2O2/c14-13(15,16)9-3-4-10(11(7-9)18(19)20)12(8-17)5-1-2-6-12/h3-4,7H,1-2,5-6,8,17H2. The maximum absolute atomic E-state index is 12.7. The molecule has 0 heterocycles. The molecule has 110 valence electrons. The van der Waals surface area contributed by atoms with Crippen molar-refractivity contribution in [1.82, 2.24) is 0 Å². The number of hydrogen-bond donors (Lipinski definition) is 1. The van der Waals surface area contributed by atoms with Gasteiger partial charge in [0, 0.05) is 23.6 Å². The summed E-state index contributed by atoms with van der Waals surface area (Å²) < 4.78 is 38.0. The number of nitro groups is 1. The van der Waals surface area contributed by atoms with E-state index in [9.17, 15) is 23.3 Å². The van der Waals surface area contributed by atoms with E-state index in [0.29, 0.717) is 24.5 Å². The fourth-order valence-electron chi connectivity index (χ4n) is 2.94. The van der Waals surface area contributed by atoms with Gasteiger partial charge in [0.2, 0.25) is 0 Å². The van der Waals surface area contributed by atoms with Crippen molar-refractivity contribution in [3.8, 4) is 0 Å². The zero-order valence-corrected chi connectivity index (χ0v) is 10.7. The van der Waals surface area contributed by atoms with Crippen LogP contribution in [0.1, 0.15) is 36.8 Å². The second-order valence-corrected chi connectivity index (χ2v) is 5.18. The zero-order chi connectivity index (χ0) is 15.0. The lowest BCUT2D eigenvalue weighted by molar-refractivity contribution is -0.386. The van der Waals surface area contributed by atoms with Crippen LogP contribution < -0.4 is 5.73 Å². The Kier molecular flexibility index (Phi) is 3.73. The van der Waals surface area contributed by atoms with Gasteiger partial charge in [0.15, 0.2) is 0 Å². The minimum absolute atomic E-state index is 0.208. The van der Waals surface area contributed by atoms with Crippen LogP contribution in [-0.2, 0) is 11.6 Å². The number of benzene rings is 1. The molecular weight excluding hydrogens is 273 g/mol. The number of rotatable bonds is 3. The molecule has 2 N–H and O–H groups in total. The van der Waals surface area contributed by atoms with E-state index in [0.717, 1.165) is 18.9 Å². The first-order chi connectivity index (χ1) is 9.30. The van der Waals surface area contributed by atoms with Gasteiger partial charge in [-0.15, -0.1) is 0 Å². The van der Waals surface area contributed by atoms with Gasteiger partial charge in [0.1, 0.15) is 0 Å². The molecule has 1 saturated carbocycles. The van der Waals surface area contributed by atoms with Crippen LogP contribution in [0.5, 0.6) is 0 Å². The SMILES string of the molecule is NCC1(c2ccc(C(F)(F)F)cc2[N+](=O)[O-])CCCC1. The third-order valence-corrected chi connectivity index (χ3v) is 4.04. The largest absolute Gasteiger partial charge is 0.416 e. The monoisotopic (exact) mass is 288 g/mol. The average molecular weight is 288 g/mol. The molecule has 2 rings (SSSR count). The molecular formula is C13H15F3N2O2. The van der Waals surface area contributed by atoms with Gasteiger partial charge in [0.05, 0.1) is 10.5 Å². The summed E-state index contributed by atoms with van der Waals surface area (Å²) in [5, 5.41) is 11.1. The summed E-state index contributed by atoms with van der Waals surface area (Å²) in [6.07, 6.45) is -1.47. The summed E-state index contributed by atoms with van der Waals surface area (Å²) in [5.74, 6) is 0. The lowest BCUT2D eigenvalue weighted by Crippen LogP contribution is -2.32. The highest BCUT2D eigenvalue weighted by Crippen LogP contribution is 2.45. The van der Waals surface area contributed by atoms with E-state index in [-0.39, 0.29) is 6.54 Å². The van der Waals surface area contributed by atoms with E-state index in [1.807, 2.05) is 0 Å². The second-order valence-electron chi connectivity index (χ2n) is 5.18. The Morgan fingerprint density at radius 3 is 2.35 bits per heavy atom. The van der Waals surface area contributed by atoms with Crippen molar-refractivity contribution in [3.05, 3.63) is 39.4 Å². The highest BCUT2D eigenvalue weighted by molar-refractivity contribution is 5.49. The molecule has 1 aliphatic rings. The number of nitro benzene ring substituents is 1. The number of hydrogen-bond acceptors (Lipinski definition) is 3. The van der Waals surface area contributed by atoms with Crippen LogP contribution in [0, 0.1) is 10.1 Å². The summed E-state index contributed by atoms with van der Waals surface area (Å²) in [7, 11) is 0. The summed E-state index contributed by atoms with van der Waals surface area (Å²) in [6.45, 7) is 0.208. The highest BCUT2D eigenvalue weighted by atomic mass is 19.4. The minimum Gasteiger partial charge on any atom is -0.330 e. The Hall–Kier alpha value is -1.63. The Labute approximate surface area is 113 Å². The van der Waals surface area contributed by atoms with Gasteiger partial charge in [-0.2, -0.15) is 13.2 Å². The summed E-state index contributed by atoms with van der Waals surface area (Å²) >= 11 is 0. The first-order valence-corrected chi connectivity index (χ1v) is 6.36. The fourth-order valence-corrected chi connectivity index (χ4v) is 2.94. The highest BCUT2D eigenvalue weighted by Gasteiger charge is 2.41. The van der Waals surface area contributed by atoms with Crippen molar-refractivity contribution in [2.24, 2.45) is 5.73 Å². The van der Waals surface area contributed by atoms with E-state index in [1.54, 1.807) is 0 Å². The molecule has 1 aromatic carbocycles. The van der Waals surface area contributed by atoms with Crippen molar-refractivity contribution >= 4 is 5.69 Å². The maximum atomic E-state index is 12.7. The van der Waals surface area contributed by atoms with Crippen LogP contribution in [0.4, 0.5) is 18.9 Å². The van der Waals surface area contributed by atoms with E-state index in [1.165, 1.54) is 6.07 Å². The molecule has 0 aromatic heterocycles. The van der Waals surface area contributed by atoms with Crippen molar-refractivity contribution < 1.29 is 18.1 Å². The average Bonchev–Trinajstić information content (AvgIpc) is 2.86. The van der Waals surface area contributed by atoms with Crippen LogP contribution in [0.2, 0.25) is 0 Å². The van der Waals surface area contributed by atoms with E-state index in [4.69, 9.17) is 5.73 Å². The van der Waals surface area contributed by atoms with Crippen LogP contribution in [0.3, 0.4) is 0 Å². The molecule has 1 fully saturated rings. The Morgan fingerprint density at radius 2 is 1.90 bits per heavy atom. The molecule has 0 unspecified atom stereocenters. The van der Waals surface area contributed by atoms with E-state index in [2.05, 4.69) is 0 Å². The maximum Gasteiger partial charge on any atom is 0.416 e. The number of nitrogens with two attached hydrogens (primary N) is 1. The lowest BCUT2D eigenvalue weighted by Gasteiger charge is -2.27. The van der Waals surface area contributed by atoms with Gasteiger partial charge < -0.3 is 5.73 Å². The molecule has 0 aliphatic heterocycles. The smallest absolute Gasteiger partial charge is 0.330 e. The molecule has 20 heavy (non-hydrogen) atoms. The van der Waals surface area contributed by atoms with Gasteiger partial charge in [-0.05, 0) is 18.9 Å². The molecule has 0 radical (unpaired) electrons. The van der Waals surface area contributed by atoms with E-state index >= 15 is 0 Å². The predicted octanol–water partition coefficient (Wildman–Crippen LogP) is 3.38. The molecule has 1 aromatic rings. The summed E-state index contributed by atoms with van der Waals surface area (Å²) in [6, 6.07) is 2.74. The normalized spacial score (nSPS) is 18.2. The topological polar surface area (TPSA) is 69.2 Å². The molecule has 7 heteroatoms. The van der Waals surface area contributed by atoms with Gasteiger partial charge >= 0.3 is 6.18 Å². The molecule has 1 aliphatic carbocycles. The molecule has 0 saturated heterocycles. The van der Waals surface area contributed by atoms with E-state index < -0.39 is 27.8 Å². The van der Waals surface area contributed by atoms with Crippen molar-refractivity contribution in [1.29, 1.82) is 0 Å². The molecule has 0 bridgehead atoms.